The largest absolute Gasteiger partial charge is 0.508 e. The SMILES string of the molecule is CCCOC(=O)CCc1c(O)cccc1Cc1ccccc1. The number of rotatable bonds is 7. The molecule has 2 aromatic rings. The molecular weight excluding hydrogens is 276 g/mol. The molecule has 2 rings (SSSR count). The maximum absolute atomic E-state index is 11.7. The molecule has 0 spiro atoms. The molecule has 0 fully saturated rings. The van der Waals surface area contributed by atoms with E-state index in [9.17, 15) is 9.90 Å². The van der Waals surface area contributed by atoms with Gasteiger partial charge in [-0.2, -0.15) is 0 Å². The Morgan fingerprint density at radius 3 is 2.59 bits per heavy atom. The molecule has 0 aromatic heterocycles. The summed E-state index contributed by atoms with van der Waals surface area (Å²) in [6, 6.07) is 15.6. The number of ether oxygens (including phenoxy) is 1. The molecule has 116 valence electrons. The molecule has 3 nitrogen and oxygen atoms in total. The number of hydrogen-bond donors (Lipinski definition) is 1. The van der Waals surface area contributed by atoms with Gasteiger partial charge in [-0.05, 0) is 42.0 Å². The number of esters is 1. The Bertz CT molecular complexity index is 605. The summed E-state index contributed by atoms with van der Waals surface area (Å²) in [5.74, 6) is 0.0347. The van der Waals surface area contributed by atoms with Crippen LogP contribution in [0.5, 0.6) is 5.75 Å². The molecule has 0 heterocycles. The molecule has 0 aliphatic rings. The Morgan fingerprint density at radius 2 is 1.86 bits per heavy atom. The van der Waals surface area contributed by atoms with E-state index >= 15 is 0 Å². The maximum Gasteiger partial charge on any atom is 0.306 e. The number of carbonyl (C=O) groups is 1. The van der Waals surface area contributed by atoms with Crippen molar-refractivity contribution in [2.75, 3.05) is 6.61 Å². The third-order valence-corrected chi connectivity index (χ3v) is 3.53. The van der Waals surface area contributed by atoms with Crippen molar-refractivity contribution in [3.05, 3.63) is 65.2 Å². The van der Waals surface area contributed by atoms with Gasteiger partial charge in [0.15, 0.2) is 0 Å². The fraction of sp³-hybridized carbons (Fsp3) is 0.316. The van der Waals surface area contributed by atoms with Crippen molar-refractivity contribution in [2.24, 2.45) is 0 Å². The van der Waals surface area contributed by atoms with Gasteiger partial charge in [0.25, 0.3) is 0 Å². The number of hydrogen-bond acceptors (Lipinski definition) is 3. The zero-order chi connectivity index (χ0) is 15.8. The van der Waals surface area contributed by atoms with E-state index in [0.717, 1.165) is 24.0 Å². The molecule has 0 aliphatic carbocycles. The molecule has 0 radical (unpaired) electrons. The van der Waals surface area contributed by atoms with E-state index in [1.54, 1.807) is 6.07 Å². The van der Waals surface area contributed by atoms with Gasteiger partial charge in [-0.3, -0.25) is 4.79 Å². The molecular formula is C19H22O3. The van der Waals surface area contributed by atoms with Crippen LogP contribution in [0.4, 0.5) is 0 Å². The number of aromatic hydroxyl groups is 1. The summed E-state index contributed by atoms with van der Waals surface area (Å²) in [5.41, 5.74) is 3.07. The average Bonchev–Trinajstić information content (AvgIpc) is 2.53. The van der Waals surface area contributed by atoms with E-state index in [4.69, 9.17) is 4.74 Å². The van der Waals surface area contributed by atoms with Crippen LogP contribution in [0, 0.1) is 0 Å². The Balaban J connectivity index is 2.08. The summed E-state index contributed by atoms with van der Waals surface area (Å²) in [6.45, 7) is 2.42. The lowest BCUT2D eigenvalue weighted by Crippen LogP contribution is -2.07. The zero-order valence-corrected chi connectivity index (χ0v) is 12.9. The van der Waals surface area contributed by atoms with Crippen LogP contribution < -0.4 is 0 Å². The summed E-state index contributed by atoms with van der Waals surface area (Å²) in [4.78, 5) is 11.7. The lowest BCUT2D eigenvalue weighted by atomic mass is 9.96. The monoisotopic (exact) mass is 298 g/mol. The van der Waals surface area contributed by atoms with Crippen LogP contribution in [0.2, 0.25) is 0 Å². The van der Waals surface area contributed by atoms with Crippen LogP contribution in [0.3, 0.4) is 0 Å². The first-order valence-corrected chi connectivity index (χ1v) is 7.70. The molecule has 0 bridgehead atoms. The Morgan fingerprint density at radius 1 is 1.09 bits per heavy atom. The quantitative estimate of drug-likeness (QED) is 0.789. The third kappa shape index (κ3) is 4.62. The van der Waals surface area contributed by atoms with Crippen molar-refractivity contribution in [2.45, 2.75) is 32.6 Å². The molecule has 0 saturated carbocycles. The molecule has 22 heavy (non-hydrogen) atoms. The lowest BCUT2D eigenvalue weighted by molar-refractivity contribution is -0.143. The molecule has 0 aliphatic heterocycles. The minimum atomic E-state index is -0.212. The van der Waals surface area contributed by atoms with Gasteiger partial charge in [-0.15, -0.1) is 0 Å². The van der Waals surface area contributed by atoms with E-state index in [1.807, 2.05) is 37.3 Å². The minimum absolute atomic E-state index is 0.212. The lowest BCUT2D eigenvalue weighted by Gasteiger charge is -2.11. The number of carbonyl (C=O) groups excluding carboxylic acids is 1. The highest BCUT2D eigenvalue weighted by Crippen LogP contribution is 2.25. The predicted octanol–water partition coefficient (Wildman–Crippen LogP) is 3.87. The second kappa shape index (κ2) is 8.23. The standard InChI is InChI=1S/C19H22O3/c1-2-13-22-19(21)12-11-17-16(9-6-10-18(17)20)14-15-7-4-3-5-8-15/h3-10,20H,2,11-14H2,1H3. The van der Waals surface area contributed by atoms with Crippen molar-refractivity contribution < 1.29 is 14.6 Å². The summed E-state index contributed by atoms with van der Waals surface area (Å²) in [6.07, 6.45) is 2.35. The van der Waals surface area contributed by atoms with Gasteiger partial charge in [0, 0.05) is 6.42 Å². The van der Waals surface area contributed by atoms with E-state index < -0.39 is 0 Å². The molecule has 1 N–H and O–H groups in total. The molecule has 0 unspecified atom stereocenters. The van der Waals surface area contributed by atoms with Crippen molar-refractivity contribution in [1.29, 1.82) is 0 Å². The van der Waals surface area contributed by atoms with Crippen molar-refractivity contribution in [3.8, 4) is 5.75 Å². The first kappa shape index (κ1) is 16.1. The van der Waals surface area contributed by atoms with Gasteiger partial charge in [0.2, 0.25) is 0 Å². The maximum atomic E-state index is 11.7. The summed E-state index contributed by atoms with van der Waals surface area (Å²) in [5, 5.41) is 10.1. The summed E-state index contributed by atoms with van der Waals surface area (Å²) >= 11 is 0. The van der Waals surface area contributed by atoms with Gasteiger partial charge < -0.3 is 9.84 Å². The first-order valence-electron chi connectivity index (χ1n) is 7.70. The molecule has 3 heteroatoms. The Kier molecular flexibility index (Phi) is 6.01. The van der Waals surface area contributed by atoms with Crippen molar-refractivity contribution in [1.82, 2.24) is 0 Å². The number of phenols is 1. The number of benzene rings is 2. The average molecular weight is 298 g/mol. The highest BCUT2D eigenvalue weighted by atomic mass is 16.5. The van der Waals surface area contributed by atoms with E-state index in [2.05, 4.69) is 12.1 Å². The van der Waals surface area contributed by atoms with E-state index in [0.29, 0.717) is 19.4 Å². The minimum Gasteiger partial charge on any atom is -0.508 e. The number of phenolic OH excluding ortho intramolecular Hbond substituents is 1. The molecule has 0 amide bonds. The van der Waals surface area contributed by atoms with Gasteiger partial charge in [0.1, 0.15) is 5.75 Å². The van der Waals surface area contributed by atoms with E-state index in [-0.39, 0.29) is 11.7 Å². The van der Waals surface area contributed by atoms with Crippen LogP contribution in [-0.2, 0) is 22.4 Å². The second-order valence-electron chi connectivity index (χ2n) is 5.30. The molecule has 0 saturated heterocycles. The second-order valence-corrected chi connectivity index (χ2v) is 5.30. The van der Waals surface area contributed by atoms with Crippen LogP contribution in [0.1, 0.15) is 36.5 Å². The van der Waals surface area contributed by atoms with Crippen LogP contribution >= 0.6 is 0 Å². The fourth-order valence-electron chi connectivity index (χ4n) is 2.41. The smallest absolute Gasteiger partial charge is 0.306 e. The predicted molar refractivity (Wildman–Crippen MR) is 86.9 cm³/mol. The van der Waals surface area contributed by atoms with Gasteiger partial charge in [0.05, 0.1) is 6.61 Å². The third-order valence-electron chi connectivity index (χ3n) is 3.53. The fourth-order valence-corrected chi connectivity index (χ4v) is 2.41. The van der Waals surface area contributed by atoms with Crippen LogP contribution in [0.15, 0.2) is 48.5 Å². The normalized spacial score (nSPS) is 10.4. The van der Waals surface area contributed by atoms with Crippen LogP contribution in [0.25, 0.3) is 0 Å². The van der Waals surface area contributed by atoms with Crippen molar-refractivity contribution in [3.63, 3.8) is 0 Å². The van der Waals surface area contributed by atoms with Gasteiger partial charge in [-0.1, -0.05) is 49.4 Å². The summed E-state index contributed by atoms with van der Waals surface area (Å²) < 4.78 is 5.09. The molecule has 0 atom stereocenters. The zero-order valence-electron chi connectivity index (χ0n) is 12.9. The van der Waals surface area contributed by atoms with E-state index in [1.165, 1.54) is 5.56 Å². The highest BCUT2D eigenvalue weighted by molar-refractivity contribution is 5.70. The Hall–Kier alpha value is -2.29. The Labute approximate surface area is 131 Å². The topological polar surface area (TPSA) is 46.5 Å². The first-order chi connectivity index (χ1) is 10.7. The van der Waals surface area contributed by atoms with Crippen LogP contribution in [-0.4, -0.2) is 17.7 Å². The highest BCUT2D eigenvalue weighted by Gasteiger charge is 2.11. The summed E-state index contributed by atoms with van der Waals surface area (Å²) in [7, 11) is 0. The van der Waals surface area contributed by atoms with Gasteiger partial charge in [-0.25, -0.2) is 0 Å². The molecule has 2 aromatic carbocycles. The van der Waals surface area contributed by atoms with Crippen molar-refractivity contribution >= 4 is 5.97 Å². The van der Waals surface area contributed by atoms with Gasteiger partial charge >= 0.3 is 5.97 Å².